The van der Waals surface area contributed by atoms with Crippen LogP contribution < -0.4 is 16.0 Å². The zero-order valence-corrected chi connectivity index (χ0v) is 17.0. The molecule has 1 aromatic carbocycles. The van der Waals surface area contributed by atoms with E-state index in [1.165, 1.54) is 0 Å². The van der Waals surface area contributed by atoms with Gasteiger partial charge in [-0.2, -0.15) is 0 Å². The second-order valence-corrected chi connectivity index (χ2v) is 7.93. The molecule has 1 heterocycles. The van der Waals surface area contributed by atoms with E-state index in [0.29, 0.717) is 25.9 Å². The van der Waals surface area contributed by atoms with Crippen LogP contribution in [0.5, 0.6) is 0 Å². The molecule has 1 aliphatic heterocycles. The SMILES string of the molecule is C[C@@H](NC(=O)OC(C)(C)C)C(=O)N1CCC(NC(=O)Nc2ccccc2)CC1. The molecule has 0 bridgehead atoms. The molecule has 4 amide bonds. The molecule has 0 spiro atoms. The summed E-state index contributed by atoms with van der Waals surface area (Å²) in [6.07, 6.45) is 0.711. The monoisotopic (exact) mass is 390 g/mol. The van der Waals surface area contributed by atoms with Crippen molar-refractivity contribution < 1.29 is 19.1 Å². The molecule has 0 aliphatic carbocycles. The molecule has 8 nitrogen and oxygen atoms in total. The molecule has 154 valence electrons. The Labute approximate surface area is 166 Å². The van der Waals surface area contributed by atoms with Crippen molar-refractivity contribution in [1.82, 2.24) is 15.5 Å². The predicted octanol–water partition coefficient (Wildman–Crippen LogP) is 2.71. The molecule has 1 saturated heterocycles. The zero-order valence-electron chi connectivity index (χ0n) is 17.0. The molecule has 1 aromatic rings. The fourth-order valence-corrected chi connectivity index (χ4v) is 2.94. The van der Waals surface area contributed by atoms with Gasteiger partial charge in [-0.1, -0.05) is 18.2 Å². The number of carbonyl (C=O) groups is 3. The highest BCUT2D eigenvalue weighted by Gasteiger charge is 2.28. The average molecular weight is 390 g/mol. The largest absolute Gasteiger partial charge is 0.444 e. The van der Waals surface area contributed by atoms with Crippen molar-refractivity contribution in [1.29, 1.82) is 0 Å². The van der Waals surface area contributed by atoms with Crippen molar-refractivity contribution in [2.24, 2.45) is 0 Å². The Morgan fingerprint density at radius 1 is 1.11 bits per heavy atom. The number of nitrogens with one attached hydrogen (secondary N) is 3. The fourth-order valence-electron chi connectivity index (χ4n) is 2.94. The number of hydrogen-bond donors (Lipinski definition) is 3. The molecule has 0 aromatic heterocycles. The molecular formula is C20H30N4O4. The number of rotatable bonds is 4. The number of hydrogen-bond acceptors (Lipinski definition) is 4. The second-order valence-electron chi connectivity index (χ2n) is 7.93. The first-order valence-corrected chi connectivity index (χ1v) is 9.55. The van der Waals surface area contributed by atoms with Crippen LogP contribution in [0.2, 0.25) is 0 Å². The van der Waals surface area contributed by atoms with E-state index in [1.54, 1.807) is 32.6 Å². The van der Waals surface area contributed by atoms with Crippen molar-refractivity contribution in [3.63, 3.8) is 0 Å². The van der Waals surface area contributed by atoms with E-state index < -0.39 is 17.7 Å². The van der Waals surface area contributed by atoms with Crippen LogP contribution in [0.3, 0.4) is 0 Å². The molecule has 2 rings (SSSR count). The number of anilines is 1. The number of piperidine rings is 1. The van der Waals surface area contributed by atoms with E-state index in [0.717, 1.165) is 5.69 Å². The number of amides is 4. The Morgan fingerprint density at radius 2 is 1.71 bits per heavy atom. The maximum absolute atomic E-state index is 12.5. The number of ether oxygens (including phenoxy) is 1. The van der Waals surface area contributed by atoms with E-state index >= 15 is 0 Å². The van der Waals surface area contributed by atoms with Crippen LogP contribution in [-0.4, -0.2) is 53.7 Å². The highest BCUT2D eigenvalue weighted by molar-refractivity contribution is 5.89. The van der Waals surface area contributed by atoms with Crippen molar-refractivity contribution in [3.8, 4) is 0 Å². The zero-order chi connectivity index (χ0) is 20.7. The predicted molar refractivity (Wildman–Crippen MR) is 107 cm³/mol. The summed E-state index contributed by atoms with van der Waals surface area (Å²) in [6.45, 7) is 8.00. The number of nitrogens with zero attached hydrogens (tertiary/aromatic N) is 1. The summed E-state index contributed by atoms with van der Waals surface area (Å²) >= 11 is 0. The lowest BCUT2D eigenvalue weighted by molar-refractivity contribution is -0.134. The van der Waals surface area contributed by atoms with E-state index in [9.17, 15) is 14.4 Å². The van der Waals surface area contributed by atoms with Crippen LogP contribution >= 0.6 is 0 Å². The number of benzene rings is 1. The summed E-state index contributed by atoms with van der Waals surface area (Å²) < 4.78 is 5.18. The lowest BCUT2D eigenvalue weighted by Gasteiger charge is -2.34. The highest BCUT2D eigenvalue weighted by Crippen LogP contribution is 2.13. The fraction of sp³-hybridized carbons (Fsp3) is 0.550. The number of urea groups is 1. The van der Waals surface area contributed by atoms with Gasteiger partial charge in [0.15, 0.2) is 0 Å². The minimum Gasteiger partial charge on any atom is -0.444 e. The van der Waals surface area contributed by atoms with Crippen molar-refractivity contribution in [2.75, 3.05) is 18.4 Å². The number of alkyl carbamates (subject to hydrolysis) is 1. The summed E-state index contributed by atoms with van der Waals surface area (Å²) in [6, 6.07) is 8.31. The summed E-state index contributed by atoms with van der Waals surface area (Å²) in [7, 11) is 0. The minimum absolute atomic E-state index is 0.00174. The third-order valence-corrected chi connectivity index (χ3v) is 4.28. The Hall–Kier alpha value is -2.77. The van der Waals surface area contributed by atoms with Crippen LogP contribution in [0.4, 0.5) is 15.3 Å². The molecule has 28 heavy (non-hydrogen) atoms. The third-order valence-electron chi connectivity index (χ3n) is 4.28. The van der Waals surface area contributed by atoms with Crippen molar-refractivity contribution in [2.45, 2.75) is 58.2 Å². The average Bonchev–Trinajstić information content (AvgIpc) is 2.60. The van der Waals surface area contributed by atoms with Gasteiger partial charge in [0, 0.05) is 24.8 Å². The molecule has 1 fully saturated rings. The van der Waals surface area contributed by atoms with Gasteiger partial charge in [-0.05, 0) is 52.7 Å². The lowest BCUT2D eigenvalue weighted by Crippen LogP contribution is -2.53. The topological polar surface area (TPSA) is 99.8 Å². The van der Waals surface area contributed by atoms with Gasteiger partial charge in [0.05, 0.1) is 0 Å². The van der Waals surface area contributed by atoms with E-state index in [-0.39, 0.29) is 18.0 Å². The van der Waals surface area contributed by atoms with Crippen LogP contribution in [-0.2, 0) is 9.53 Å². The summed E-state index contributed by atoms with van der Waals surface area (Å²) in [5, 5.41) is 8.30. The van der Waals surface area contributed by atoms with Gasteiger partial charge in [-0.3, -0.25) is 4.79 Å². The smallest absolute Gasteiger partial charge is 0.408 e. The maximum atomic E-state index is 12.5. The van der Waals surface area contributed by atoms with Crippen LogP contribution in [0.15, 0.2) is 30.3 Å². The van der Waals surface area contributed by atoms with Crippen LogP contribution in [0, 0.1) is 0 Å². The third kappa shape index (κ3) is 7.09. The first-order chi connectivity index (χ1) is 13.1. The van der Waals surface area contributed by atoms with Gasteiger partial charge in [0.1, 0.15) is 11.6 Å². The Bertz CT molecular complexity index is 679. The molecule has 1 aliphatic rings. The number of para-hydroxylation sites is 1. The van der Waals surface area contributed by atoms with Gasteiger partial charge in [-0.25, -0.2) is 9.59 Å². The molecule has 0 radical (unpaired) electrons. The van der Waals surface area contributed by atoms with Gasteiger partial charge in [-0.15, -0.1) is 0 Å². The summed E-state index contributed by atoms with van der Waals surface area (Å²) in [5.74, 6) is -0.155. The first kappa shape index (κ1) is 21.5. The molecule has 3 N–H and O–H groups in total. The molecule has 0 unspecified atom stereocenters. The Balaban J connectivity index is 1.74. The van der Waals surface area contributed by atoms with Crippen molar-refractivity contribution in [3.05, 3.63) is 30.3 Å². The number of likely N-dealkylation sites (tertiary alicyclic amines) is 1. The highest BCUT2D eigenvalue weighted by atomic mass is 16.6. The van der Waals surface area contributed by atoms with Gasteiger partial charge < -0.3 is 25.6 Å². The van der Waals surface area contributed by atoms with Gasteiger partial charge in [0.2, 0.25) is 5.91 Å². The Kier molecular flexibility index (Phi) is 7.25. The standard InChI is InChI=1S/C20H30N4O4/c1-14(21-19(27)28-20(2,3)4)17(25)24-12-10-16(11-13-24)23-18(26)22-15-8-6-5-7-9-15/h5-9,14,16H,10-13H2,1-4H3,(H,21,27)(H2,22,23,26)/t14-/m1/s1. The van der Waals surface area contributed by atoms with E-state index in [2.05, 4.69) is 16.0 Å². The van der Waals surface area contributed by atoms with E-state index in [1.807, 2.05) is 30.3 Å². The summed E-state index contributed by atoms with van der Waals surface area (Å²) in [4.78, 5) is 38.1. The van der Waals surface area contributed by atoms with E-state index in [4.69, 9.17) is 4.74 Å². The van der Waals surface area contributed by atoms with Crippen molar-refractivity contribution >= 4 is 23.7 Å². The minimum atomic E-state index is -0.666. The quantitative estimate of drug-likeness (QED) is 0.736. The summed E-state index contributed by atoms with van der Waals surface area (Å²) in [5.41, 5.74) is 0.117. The number of carbonyl (C=O) groups excluding carboxylic acids is 3. The van der Waals surface area contributed by atoms with Gasteiger partial charge in [0.25, 0.3) is 0 Å². The molecule has 0 saturated carbocycles. The lowest BCUT2D eigenvalue weighted by atomic mass is 10.0. The van der Waals surface area contributed by atoms with Crippen LogP contribution in [0.1, 0.15) is 40.5 Å². The molecule has 1 atom stereocenters. The maximum Gasteiger partial charge on any atom is 0.408 e. The van der Waals surface area contributed by atoms with Crippen LogP contribution in [0.25, 0.3) is 0 Å². The molecular weight excluding hydrogens is 360 g/mol. The second kappa shape index (κ2) is 9.43. The normalized spacial score (nSPS) is 16.1. The Morgan fingerprint density at radius 3 is 2.29 bits per heavy atom. The van der Waals surface area contributed by atoms with Gasteiger partial charge >= 0.3 is 12.1 Å². The molecule has 8 heteroatoms. The first-order valence-electron chi connectivity index (χ1n) is 9.55.